The molecule has 3 rings (SSSR count). The molecule has 1 aromatic heterocycles. The Morgan fingerprint density at radius 3 is 2.67 bits per heavy atom. The van der Waals surface area contributed by atoms with Crippen LogP contribution < -0.4 is 5.32 Å². The summed E-state index contributed by atoms with van der Waals surface area (Å²) in [4.78, 5) is 31.8. The molecule has 1 aliphatic heterocycles. The van der Waals surface area contributed by atoms with Gasteiger partial charge in [-0.1, -0.05) is 26.2 Å². The van der Waals surface area contributed by atoms with E-state index >= 15 is 0 Å². The van der Waals surface area contributed by atoms with E-state index in [1.807, 2.05) is 24.1 Å². The van der Waals surface area contributed by atoms with Crippen LogP contribution in [0, 0.1) is 0 Å². The SMILES string of the molecule is CCCSc1nc([C@@]2(CC(=O)O)CCCNC2)ccc1C(=O)N(C)C1CCCCC1. The van der Waals surface area contributed by atoms with Gasteiger partial charge in [-0.3, -0.25) is 9.59 Å². The van der Waals surface area contributed by atoms with Crippen LogP contribution in [0.15, 0.2) is 17.2 Å². The molecular formula is C23H35N3O3S. The molecule has 1 amide bonds. The monoisotopic (exact) mass is 433 g/mol. The van der Waals surface area contributed by atoms with E-state index in [2.05, 4.69) is 12.2 Å². The summed E-state index contributed by atoms with van der Waals surface area (Å²) in [5, 5.41) is 13.6. The number of thioether (sulfide) groups is 1. The molecular weight excluding hydrogens is 398 g/mol. The van der Waals surface area contributed by atoms with E-state index in [1.165, 1.54) is 19.3 Å². The normalized spacial score (nSPS) is 22.6. The number of aromatic nitrogens is 1. The number of piperidine rings is 1. The van der Waals surface area contributed by atoms with Gasteiger partial charge in [0, 0.05) is 30.7 Å². The average molecular weight is 434 g/mol. The van der Waals surface area contributed by atoms with Crippen molar-refractivity contribution in [1.29, 1.82) is 0 Å². The van der Waals surface area contributed by atoms with Gasteiger partial charge in [0.15, 0.2) is 0 Å². The van der Waals surface area contributed by atoms with Crippen molar-refractivity contribution in [1.82, 2.24) is 15.2 Å². The van der Waals surface area contributed by atoms with Crippen LogP contribution in [0.4, 0.5) is 0 Å². The van der Waals surface area contributed by atoms with Crippen molar-refractivity contribution >= 4 is 23.6 Å². The lowest BCUT2D eigenvalue weighted by molar-refractivity contribution is -0.138. The number of amides is 1. The lowest BCUT2D eigenvalue weighted by Gasteiger charge is -2.36. The highest BCUT2D eigenvalue weighted by Crippen LogP contribution is 2.36. The highest BCUT2D eigenvalue weighted by atomic mass is 32.2. The fraction of sp³-hybridized carbons (Fsp3) is 0.696. The zero-order valence-corrected chi connectivity index (χ0v) is 19.1. The Morgan fingerprint density at radius 2 is 2.03 bits per heavy atom. The maximum Gasteiger partial charge on any atom is 0.304 e. The number of carboxylic acids is 1. The van der Waals surface area contributed by atoms with E-state index in [0.29, 0.717) is 18.2 Å². The van der Waals surface area contributed by atoms with Gasteiger partial charge in [0.1, 0.15) is 5.03 Å². The first-order valence-electron chi connectivity index (χ1n) is 11.3. The molecule has 6 nitrogen and oxygen atoms in total. The summed E-state index contributed by atoms with van der Waals surface area (Å²) in [6, 6.07) is 4.09. The van der Waals surface area contributed by atoms with Crippen LogP contribution >= 0.6 is 11.8 Å². The van der Waals surface area contributed by atoms with Gasteiger partial charge in [-0.15, -0.1) is 11.8 Å². The zero-order valence-electron chi connectivity index (χ0n) is 18.3. The molecule has 1 aliphatic carbocycles. The summed E-state index contributed by atoms with van der Waals surface area (Å²) in [5.41, 5.74) is 0.940. The Labute approximate surface area is 184 Å². The molecule has 0 radical (unpaired) electrons. The average Bonchev–Trinajstić information content (AvgIpc) is 2.77. The lowest BCUT2D eigenvalue weighted by Crippen LogP contribution is -2.45. The van der Waals surface area contributed by atoms with Crippen LogP contribution in [0.1, 0.15) is 80.8 Å². The summed E-state index contributed by atoms with van der Waals surface area (Å²) < 4.78 is 0. The van der Waals surface area contributed by atoms with Crippen LogP contribution in [0.25, 0.3) is 0 Å². The van der Waals surface area contributed by atoms with E-state index in [4.69, 9.17) is 4.98 Å². The molecule has 2 N–H and O–H groups in total. The van der Waals surface area contributed by atoms with Crippen LogP contribution in [-0.4, -0.2) is 58.8 Å². The number of hydrogen-bond donors (Lipinski definition) is 2. The van der Waals surface area contributed by atoms with Crippen molar-refractivity contribution in [3.63, 3.8) is 0 Å². The molecule has 2 heterocycles. The molecule has 0 spiro atoms. The number of nitrogens with zero attached hydrogens (tertiary/aromatic N) is 2. The zero-order chi connectivity index (χ0) is 21.6. The van der Waals surface area contributed by atoms with E-state index in [9.17, 15) is 14.7 Å². The Morgan fingerprint density at radius 1 is 1.27 bits per heavy atom. The first-order valence-corrected chi connectivity index (χ1v) is 12.3. The minimum absolute atomic E-state index is 0.0357. The van der Waals surface area contributed by atoms with Gasteiger partial charge in [0.05, 0.1) is 12.0 Å². The first-order chi connectivity index (χ1) is 14.5. The van der Waals surface area contributed by atoms with Gasteiger partial charge in [-0.25, -0.2) is 4.98 Å². The summed E-state index contributed by atoms with van der Waals surface area (Å²) in [5.74, 6) is 0.114. The Hall–Kier alpha value is -1.60. The Bertz CT molecular complexity index is 743. The summed E-state index contributed by atoms with van der Waals surface area (Å²) in [6.07, 6.45) is 8.53. The third-order valence-electron chi connectivity index (χ3n) is 6.48. The molecule has 166 valence electrons. The van der Waals surface area contributed by atoms with E-state index < -0.39 is 11.4 Å². The molecule has 1 aromatic rings. The largest absolute Gasteiger partial charge is 0.481 e. The molecule has 1 saturated heterocycles. The summed E-state index contributed by atoms with van der Waals surface area (Å²) >= 11 is 1.61. The standard InChI is InChI=1S/C23H35N3O3S/c1-3-14-30-21-18(22(29)26(2)17-8-5-4-6-9-17)10-11-19(25-21)23(15-20(27)28)12-7-13-24-16-23/h10-11,17,24H,3-9,12-16H2,1-2H3,(H,27,28)/t23-/m1/s1. The van der Waals surface area contributed by atoms with Crippen molar-refractivity contribution in [2.45, 2.75) is 81.2 Å². The van der Waals surface area contributed by atoms with Gasteiger partial charge in [0.25, 0.3) is 5.91 Å². The maximum atomic E-state index is 13.3. The topological polar surface area (TPSA) is 82.5 Å². The van der Waals surface area contributed by atoms with E-state index in [1.54, 1.807) is 11.8 Å². The Kier molecular flexibility index (Phi) is 8.17. The molecule has 2 fully saturated rings. The minimum atomic E-state index is -0.805. The highest BCUT2D eigenvalue weighted by Gasteiger charge is 2.38. The molecule has 1 atom stereocenters. The predicted molar refractivity (Wildman–Crippen MR) is 120 cm³/mol. The van der Waals surface area contributed by atoms with Crippen LogP contribution in [0.5, 0.6) is 0 Å². The molecule has 7 heteroatoms. The van der Waals surface area contributed by atoms with E-state index in [-0.39, 0.29) is 12.3 Å². The van der Waals surface area contributed by atoms with Gasteiger partial charge >= 0.3 is 5.97 Å². The number of pyridine rings is 1. The third kappa shape index (κ3) is 5.35. The number of aliphatic carboxylic acids is 1. The molecule has 1 saturated carbocycles. The van der Waals surface area contributed by atoms with Crippen LogP contribution in [0.3, 0.4) is 0 Å². The second-order valence-corrected chi connectivity index (χ2v) is 9.82. The van der Waals surface area contributed by atoms with Gasteiger partial charge in [0.2, 0.25) is 0 Å². The van der Waals surface area contributed by atoms with Crippen molar-refractivity contribution in [3.8, 4) is 0 Å². The number of hydrogen-bond acceptors (Lipinski definition) is 5. The number of rotatable bonds is 8. The molecule has 30 heavy (non-hydrogen) atoms. The minimum Gasteiger partial charge on any atom is -0.481 e. The second kappa shape index (κ2) is 10.6. The first kappa shape index (κ1) is 23.1. The van der Waals surface area contributed by atoms with Gasteiger partial charge in [-0.2, -0.15) is 0 Å². The second-order valence-electron chi connectivity index (χ2n) is 8.74. The fourth-order valence-corrected chi connectivity index (χ4v) is 5.62. The van der Waals surface area contributed by atoms with Crippen molar-refractivity contribution in [2.75, 3.05) is 25.9 Å². The van der Waals surface area contributed by atoms with Crippen LogP contribution in [0.2, 0.25) is 0 Å². The fourth-order valence-electron chi connectivity index (χ4n) is 4.75. The molecule has 0 bridgehead atoms. The van der Waals surface area contributed by atoms with Crippen molar-refractivity contribution in [2.24, 2.45) is 0 Å². The Balaban J connectivity index is 1.92. The number of carbonyl (C=O) groups is 2. The number of carboxylic acid groups (broad SMARTS) is 1. The summed E-state index contributed by atoms with van der Waals surface area (Å²) in [6.45, 7) is 3.63. The maximum absolute atomic E-state index is 13.3. The third-order valence-corrected chi connectivity index (χ3v) is 7.68. The molecule has 0 unspecified atom stereocenters. The van der Waals surface area contributed by atoms with Gasteiger partial charge in [-0.05, 0) is 56.5 Å². The highest BCUT2D eigenvalue weighted by molar-refractivity contribution is 7.99. The predicted octanol–water partition coefficient (Wildman–Crippen LogP) is 4.08. The van der Waals surface area contributed by atoms with E-state index in [0.717, 1.165) is 55.1 Å². The smallest absolute Gasteiger partial charge is 0.304 e. The van der Waals surface area contributed by atoms with Crippen molar-refractivity contribution < 1.29 is 14.7 Å². The lowest BCUT2D eigenvalue weighted by atomic mass is 9.74. The number of nitrogens with one attached hydrogen (secondary N) is 1. The number of carbonyl (C=O) groups excluding carboxylic acids is 1. The molecule has 0 aromatic carbocycles. The molecule has 2 aliphatic rings. The summed E-state index contributed by atoms with van der Waals surface area (Å²) in [7, 11) is 1.91. The van der Waals surface area contributed by atoms with Crippen molar-refractivity contribution in [3.05, 3.63) is 23.4 Å². The quantitative estimate of drug-likeness (QED) is 0.601. The van der Waals surface area contributed by atoms with Crippen LogP contribution in [-0.2, 0) is 10.2 Å². The van der Waals surface area contributed by atoms with Gasteiger partial charge < -0.3 is 15.3 Å².